The Kier molecular flexibility index (Phi) is 5.62. The minimum absolute atomic E-state index is 0.103. The first-order chi connectivity index (χ1) is 7.09. The van der Waals surface area contributed by atoms with Gasteiger partial charge in [0.05, 0.1) is 6.10 Å². The van der Waals surface area contributed by atoms with Crippen molar-refractivity contribution in [3.05, 3.63) is 0 Å². The lowest BCUT2D eigenvalue weighted by Crippen LogP contribution is -2.36. The van der Waals surface area contributed by atoms with Crippen LogP contribution in [0.3, 0.4) is 0 Å². The smallest absolute Gasteiger partial charge is 0.0695 e. The average molecular weight is 213 g/mol. The zero-order chi connectivity index (χ0) is 11.3. The minimum Gasteiger partial charge on any atom is -0.392 e. The zero-order valence-corrected chi connectivity index (χ0v) is 10.6. The third kappa shape index (κ3) is 4.98. The Balaban J connectivity index is 2.23. The van der Waals surface area contributed by atoms with Gasteiger partial charge in [0.2, 0.25) is 0 Å². The van der Waals surface area contributed by atoms with E-state index in [1.54, 1.807) is 0 Å². The van der Waals surface area contributed by atoms with Crippen LogP contribution in [0, 0.1) is 11.8 Å². The molecule has 1 aliphatic rings. The molecule has 1 unspecified atom stereocenters. The molecular formula is C13H27NO. The van der Waals surface area contributed by atoms with Gasteiger partial charge < -0.3 is 10.0 Å². The Morgan fingerprint density at radius 2 is 1.73 bits per heavy atom. The molecule has 1 aliphatic carbocycles. The van der Waals surface area contributed by atoms with Gasteiger partial charge in [-0.15, -0.1) is 0 Å². The summed E-state index contributed by atoms with van der Waals surface area (Å²) < 4.78 is 0. The van der Waals surface area contributed by atoms with Crippen molar-refractivity contribution in [1.29, 1.82) is 0 Å². The van der Waals surface area contributed by atoms with Crippen LogP contribution in [0.2, 0.25) is 0 Å². The summed E-state index contributed by atoms with van der Waals surface area (Å²) in [5, 5.41) is 10.1. The molecule has 2 heteroatoms. The van der Waals surface area contributed by atoms with E-state index < -0.39 is 0 Å². The van der Waals surface area contributed by atoms with E-state index >= 15 is 0 Å². The molecule has 1 rings (SSSR count). The molecule has 15 heavy (non-hydrogen) atoms. The van der Waals surface area contributed by atoms with E-state index in [1.807, 2.05) is 0 Å². The van der Waals surface area contributed by atoms with Gasteiger partial charge in [0, 0.05) is 13.1 Å². The van der Waals surface area contributed by atoms with Gasteiger partial charge in [-0.3, -0.25) is 0 Å². The van der Waals surface area contributed by atoms with Crippen LogP contribution in [0.5, 0.6) is 0 Å². The summed E-state index contributed by atoms with van der Waals surface area (Å²) in [4.78, 5) is 2.27. The first-order valence-corrected chi connectivity index (χ1v) is 6.46. The third-order valence-electron chi connectivity index (χ3n) is 3.37. The highest BCUT2D eigenvalue weighted by atomic mass is 16.3. The molecule has 1 N–H and O–H groups in total. The predicted molar refractivity (Wildman–Crippen MR) is 64.9 cm³/mol. The van der Waals surface area contributed by atoms with Gasteiger partial charge in [-0.25, -0.2) is 0 Å². The highest BCUT2D eigenvalue weighted by molar-refractivity contribution is 4.75. The lowest BCUT2D eigenvalue weighted by molar-refractivity contribution is 0.0523. The summed E-state index contributed by atoms with van der Waals surface area (Å²) in [5.41, 5.74) is 0. The predicted octanol–water partition coefficient (Wildman–Crippen LogP) is 2.52. The first kappa shape index (κ1) is 13.0. The van der Waals surface area contributed by atoms with E-state index in [4.69, 9.17) is 0 Å². The molecule has 0 saturated heterocycles. The van der Waals surface area contributed by atoms with Crippen molar-refractivity contribution in [1.82, 2.24) is 4.90 Å². The van der Waals surface area contributed by atoms with Gasteiger partial charge in [0.1, 0.15) is 0 Å². The van der Waals surface area contributed by atoms with Crippen molar-refractivity contribution < 1.29 is 5.11 Å². The highest BCUT2D eigenvalue weighted by Gasteiger charge is 2.22. The molecule has 0 aromatic rings. The highest BCUT2D eigenvalue weighted by Crippen LogP contribution is 2.26. The molecule has 0 aliphatic heterocycles. The van der Waals surface area contributed by atoms with Crippen molar-refractivity contribution >= 4 is 0 Å². The molecule has 1 fully saturated rings. The number of hydrogen-bond donors (Lipinski definition) is 1. The molecular weight excluding hydrogens is 186 g/mol. The fraction of sp³-hybridized carbons (Fsp3) is 1.00. The monoisotopic (exact) mass is 213 g/mol. The SMILES string of the molecule is CC(C)CN(C)CC(O)C1CCCCC1. The molecule has 1 saturated carbocycles. The van der Waals surface area contributed by atoms with Gasteiger partial charge in [-0.2, -0.15) is 0 Å². The lowest BCUT2D eigenvalue weighted by atomic mass is 9.85. The number of aliphatic hydroxyl groups excluding tert-OH is 1. The van der Waals surface area contributed by atoms with E-state index in [2.05, 4.69) is 25.8 Å². The second kappa shape index (κ2) is 6.49. The standard InChI is InChI=1S/C13H27NO/c1-11(2)9-14(3)10-13(15)12-7-5-4-6-8-12/h11-13,15H,4-10H2,1-3H3. The van der Waals surface area contributed by atoms with Gasteiger partial charge >= 0.3 is 0 Å². The summed E-state index contributed by atoms with van der Waals surface area (Å²) in [6.07, 6.45) is 6.36. The van der Waals surface area contributed by atoms with Crippen LogP contribution in [-0.2, 0) is 0 Å². The largest absolute Gasteiger partial charge is 0.392 e. The number of aliphatic hydroxyl groups is 1. The molecule has 0 bridgehead atoms. The van der Waals surface area contributed by atoms with Crippen LogP contribution in [0.1, 0.15) is 46.0 Å². The molecule has 2 nitrogen and oxygen atoms in total. The quantitative estimate of drug-likeness (QED) is 0.758. The van der Waals surface area contributed by atoms with Crippen LogP contribution in [-0.4, -0.2) is 36.2 Å². The van der Waals surface area contributed by atoms with Crippen LogP contribution < -0.4 is 0 Å². The number of rotatable bonds is 5. The molecule has 0 aromatic carbocycles. The van der Waals surface area contributed by atoms with Gasteiger partial charge in [0.25, 0.3) is 0 Å². The van der Waals surface area contributed by atoms with E-state index in [9.17, 15) is 5.11 Å². The number of likely N-dealkylation sites (N-methyl/N-ethyl adjacent to an activating group) is 1. The summed E-state index contributed by atoms with van der Waals surface area (Å²) >= 11 is 0. The van der Waals surface area contributed by atoms with E-state index in [-0.39, 0.29) is 6.10 Å². The summed E-state index contributed by atoms with van der Waals surface area (Å²) in [5.74, 6) is 1.25. The molecule has 0 heterocycles. The maximum atomic E-state index is 10.1. The Labute approximate surface area is 94.7 Å². The molecule has 0 amide bonds. The van der Waals surface area contributed by atoms with Gasteiger partial charge in [-0.1, -0.05) is 33.1 Å². The normalized spacial score (nSPS) is 21.2. The van der Waals surface area contributed by atoms with Crippen LogP contribution in [0.15, 0.2) is 0 Å². The van der Waals surface area contributed by atoms with Crippen LogP contribution >= 0.6 is 0 Å². The fourth-order valence-electron chi connectivity index (χ4n) is 2.69. The first-order valence-electron chi connectivity index (χ1n) is 6.46. The second-order valence-electron chi connectivity index (χ2n) is 5.58. The third-order valence-corrected chi connectivity index (χ3v) is 3.37. The number of nitrogens with zero attached hydrogens (tertiary/aromatic N) is 1. The van der Waals surface area contributed by atoms with Crippen molar-refractivity contribution in [3.8, 4) is 0 Å². The zero-order valence-electron chi connectivity index (χ0n) is 10.6. The second-order valence-corrected chi connectivity index (χ2v) is 5.58. The van der Waals surface area contributed by atoms with Crippen molar-refractivity contribution in [2.75, 3.05) is 20.1 Å². The molecule has 90 valence electrons. The Morgan fingerprint density at radius 1 is 1.13 bits per heavy atom. The average Bonchev–Trinajstić information content (AvgIpc) is 2.17. The van der Waals surface area contributed by atoms with E-state index in [0.717, 1.165) is 13.1 Å². The van der Waals surface area contributed by atoms with Gasteiger partial charge in [0.15, 0.2) is 0 Å². The Bertz CT molecular complexity index is 164. The number of hydrogen-bond acceptors (Lipinski definition) is 2. The summed E-state index contributed by atoms with van der Waals surface area (Å²) in [6, 6.07) is 0. The summed E-state index contributed by atoms with van der Waals surface area (Å²) in [7, 11) is 2.12. The van der Waals surface area contributed by atoms with Crippen LogP contribution in [0.4, 0.5) is 0 Å². The van der Waals surface area contributed by atoms with Crippen molar-refractivity contribution in [2.24, 2.45) is 11.8 Å². The fourth-order valence-corrected chi connectivity index (χ4v) is 2.69. The molecule has 0 aromatic heterocycles. The minimum atomic E-state index is -0.103. The Hall–Kier alpha value is -0.0800. The Morgan fingerprint density at radius 3 is 2.27 bits per heavy atom. The van der Waals surface area contributed by atoms with Crippen molar-refractivity contribution in [2.45, 2.75) is 52.1 Å². The van der Waals surface area contributed by atoms with Crippen LogP contribution in [0.25, 0.3) is 0 Å². The van der Waals surface area contributed by atoms with E-state index in [0.29, 0.717) is 11.8 Å². The summed E-state index contributed by atoms with van der Waals surface area (Å²) in [6.45, 7) is 6.39. The maximum Gasteiger partial charge on any atom is 0.0695 e. The lowest BCUT2D eigenvalue weighted by Gasteiger charge is -2.30. The molecule has 1 atom stereocenters. The van der Waals surface area contributed by atoms with E-state index in [1.165, 1.54) is 32.1 Å². The van der Waals surface area contributed by atoms with Crippen molar-refractivity contribution in [3.63, 3.8) is 0 Å². The maximum absolute atomic E-state index is 10.1. The topological polar surface area (TPSA) is 23.5 Å². The molecule has 0 radical (unpaired) electrons. The molecule has 0 spiro atoms. The van der Waals surface area contributed by atoms with Gasteiger partial charge in [-0.05, 0) is 31.7 Å².